The molecule has 0 saturated carbocycles. The Kier molecular flexibility index (Phi) is 5.74. The number of hydrogen-bond donors (Lipinski definition) is 2. The van der Waals surface area contributed by atoms with E-state index >= 15 is 0 Å². The summed E-state index contributed by atoms with van der Waals surface area (Å²) in [6.07, 6.45) is 1.76. The van der Waals surface area contributed by atoms with Crippen LogP contribution < -0.4 is 5.32 Å². The first-order chi connectivity index (χ1) is 9.06. The van der Waals surface area contributed by atoms with Crippen molar-refractivity contribution in [3.05, 3.63) is 33.9 Å². The third-order valence-corrected chi connectivity index (χ3v) is 2.53. The molecule has 0 heterocycles. The predicted octanol–water partition coefficient (Wildman–Crippen LogP) is 2.13. The molecule has 0 aromatic heterocycles. The van der Waals surface area contributed by atoms with Crippen LogP contribution in [0.1, 0.15) is 23.2 Å². The van der Waals surface area contributed by atoms with Gasteiger partial charge in [-0.05, 0) is 25.0 Å². The SMILES string of the molecule is COCCCCNc1ccc([N+](=O)[O-])c(C(=O)O)c1. The highest BCUT2D eigenvalue weighted by Gasteiger charge is 2.19. The highest BCUT2D eigenvalue weighted by molar-refractivity contribution is 5.93. The third-order valence-electron chi connectivity index (χ3n) is 2.53. The number of unbranched alkanes of at least 4 members (excludes halogenated alkanes) is 1. The van der Waals surface area contributed by atoms with Gasteiger partial charge in [-0.3, -0.25) is 10.1 Å². The van der Waals surface area contributed by atoms with Crippen LogP contribution in [0.25, 0.3) is 0 Å². The summed E-state index contributed by atoms with van der Waals surface area (Å²) in [6.45, 7) is 1.32. The zero-order valence-corrected chi connectivity index (χ0v) is 10.6. The number of carboxylic acid groups (broad SMARTS) is 1. The number of benzene rings is 1. The zero-order valence-electron chi connectivity index (χ0n) is 10.6. The summed E-state index contributed by atoms with van der Waals surface area (Å²) < 4.78 is 4.91. The summed E-state index contributed by atoms with van der Waals surface area (Å²) >= 11 is 0. The molecule has 0 aliphatic carbocycles. The van der Waals surface area contributed by atoms with Crippen LogP contribution in [0.2, 0.25) is 0 Å². The second kappa shape index (κ2) is 7.32. The molecule has 0 bridgehead atoms. The van der Waals surface area contributed by atoms with Crippen molar-refractivity contribution >= 4 is 17.3 Å². The highest BCUT2D eigenvalue weighted by Crippen LogP contribution is 2.22. The summed E-state index contributed by atoms with van der Waals surface area (Å²) in [5.41, 5.74) is -0.162. The van der Waals surface area contributed by atoms with Crippen LogP contribution in [0.15, 0.2) is 18.2 Å². The Morgan fingerprint density at radius 2 is 2.21 bits per heavy atom. The lowest BCUT2D eigenvalue weighted by Crippen LogP contribution is -2.06. The second-order valence-electron chi connectivity index (χ2n) is 3.92. The van der Waals surface area contributed by atoms with Crippen molar-refractivity contribution < 1.29 is 19.6 Å². The lowest BCUT2D eigenvalue weighted by Gasteiger charge is -2.07. The number of carboxylic acids is 1. The fraction of sp³-hybridized carbons (Fsp3) is 0.417. The van der Waals surface area contributed by atoms with E-state index in [1.807, 2.05) is 0 Å². The van der Waals surface area contributed by atoms with Crippen molar-refractivity contribution in [1.82, 2.24) is 0 Å². The molecule has 0 amide bonds. The number of carbonyl (C=O) groups is 1. The van der Waals surface area contributed by atoms with Crippen molar-refractivity contribution in [2.75, 3.05) is 25.6 Å². The number of hydrogen-bond acceptors (Lipinski definition) is 5. The highest BCUT2D eigenvalue weighted by atomic mass is 16.6. The number of nitro groups is 1. The van der Waals surface area contributed by atoms with E-state index < -0.39 is 16.6 Å². The fourth-order valence-electron chi connectivity index (χ4n) is 1.58. The molecule has 0 atom stereocenters. The normalized spacial score (nSPS) is 10.2. The third kappa shape index (κ3) is 4.55. The van der Waals surface area contributed by atoms with Gasteiger partial charge in [0.1, 0.15) is 5.56 Å². The number of nitro benzene ring substituents is 1. The van der Waals surface area contributed by atoms with E-state index in [1.54, 1.807) is 7.11 Å². The minimum atomic E-state index is -1.31. The van der Waals surface area contributed by atoms with Gasteiger partial charge in [0.05, 0.1) is 4.92 Å². The Morgan fingerprint density at radius 1 is 1.47 bits per heavy atom. The standard InChI is InChI=1S/C12H16N2O5/c1-19-7-3-2-6-13-9-4-5-11(14(17)18)10(8-9)12(15)16/h4-5,8,13H,2-3,6-7H2,1H3,(H,15,16). The van der Waals surface area contributed by atoms with Crippen molar-refractivity contribution in [3.63, 3.8) is 0 Å². The molecule has 7 nitrogen and oxygen atoms in total. The van der Waals surface area contributed by atoms with Gasteiger partial charge in [-0.1, -0.05) is 0 Å². The lowest BCUT2D eigenvalue weighted by atomic mass is 10.1. The molecule has 0 aliphatic heterocycles. The number of aromatic carboxylic acids is 1. The molecular weight excluding hydrogens is 252 g/mol. The predicted molar refractivity (Wildman–Crippen MR) is 69.7 cm³/mol. The summed E-state index contributed by atoms with van der Waals surface area (Å²) in [5.74, 6) is -1.31. The van der Waals surface area contributed by atoms with Gasteiger partial charge in [-0.15, -0.1) is 0 Å². The van der Waals surface area contributed by atoms with Gasteiger partial charge < -0.3 is 15.2 Å². The average molecular weight is 268 g/mol. The van der Waals surface area contributed by atoms with Crippen molar-refractivity contribution in [3.8, 4) is 0 Å². The van der Waals surface area contributed by atoms with E-state index in [4.69, 9.17) is 9.84 Å². The Labute approximate surface area is 110 Å². The molecule has 0 unspecified atom stereocenters. The van der Waals surface area contributed by atoms with Crippen LogP contribution in [-0.4, -0.2) is 36.3 Å². The molecule has 19 heavy (non-hydrogen) atoms. The fourth-order valence-corrected chi connectivity index (χ4v) is 1.58. The van der Waals surface area contributed by atoms with E-state index in [9.17, 15) is 14.9 Å². The van der Waals surface area contributed by atoms with Gasteiger partial charge in [-0.2, -0.15) is 0 Å². The van der Waals surface area contributed by atoms with Crippen molar-refractivity contribution in [2.24, 2.45) is 0 Å². The molecular formula is C12H16N2O5. The van der Waals surface area contributed by atoms with E-state index in [0.717, 1.165) is 12.8 Å². The van der Waals surface area contributed by atoms with E-state index in [1.165, 1.54) is 18.2 Å². The maximum absolute atomic E-state index is 10.9. The molecule has 0 radical (unpaired) electrons. The van der Waals surface area contributed by atoms with Crippen LogP contribution >= 0.6 is 0 Å². The van der Waals surface area contributed by atoms with Gasteiger partial charge in [-0.25, -0.2) is 4.79 Å². The van der Waals surface area contributed by atoms with Gasteiger partial charge in [0, 0.05) is 32.0 Å². The van der Waals surface area contributed by atoms with E-state index in [-0.39, 0.29) is 5.56 Å². The number of rotatable bonds is 8. The first kappa shape index (κ1) is 14.9. The Hall–Kier alpha value is -2.15. The first-order valence-electron chi connectivity index (χ1n) is 5.80. The Bertz CT molecular complexity index is 461. The van der Waals surface area contributed by atoms with Gasteiger partial charge in [0.15, 0.2) is 0 Å². The summed E-state index contributed by atoms with van der Waals surface area (Å²) in [7, 11) is 1.63. The molecule has 0 saturated heterocycles. The van der Waals surface area contributed by atoms with E-state index in [0.29, 0.717) is 18.8 Å². The van der Waals surface area contributed by atoms with Crippen LogP contribution in [0, 0.1) is 10.1 Å². The van der Waals surface area contributed by atoms with Crippen molar-refractivity contribution in [1.29, 1.82) is 0 Å². The van der Waals surface area contributed by atoms with Gasteiger partial charge in [0.25, 0.3) is 5.69 Å². The summed E-state index contributed by atoms with van der Waals surface area (Å²) in [5, 5.41) is 22.6. The quantitative estimate of drug-likeness (QED) is 0.425. The van der Waals surface area contributed by atoms with Crippen LogP contribution in [0.4, 0.5) is 11.4 Å². The first-order valence-corrected chi connectivity index (χ1v) is 5.80. The lowest BCUT2D eigenvalue weighted by molar-refractivity contribution is -0.385. The van der Waals surface area contributed by atoms with Gasteiger partial charge in [0.2, 0.25) is 0 Å². The number of nitrogens with zero attached hydrogens (tertiary/aromatic N) is 1. The smallest absolute Gasteiger partial charge is 0.342 e. The number of nitrogens with one attached hydrogen (secondary N) is 1. The van der Waals surface area contributed by atoms with Crippen LogP contribution in [-0.2, 0) is 4.74 Å². The van der Waals surface area contributed by atoms with Crippen LogP contribution in [0.5, 0.6) is 0 Å². The molecule has 1 rings (SSSR count). The molecule has 104 valence electrons. The average Bonchev–Trinajstić information content (AvgIpc) is 2.38. The minimum Gasteiger partial charge on any atom is -0.477 e. The molecule has 2 N–H and O–H groups in total. The number of ether oxygens (including phenoxy) is 1. The molecule has 0 aliphatic rings. The van der Waals surface area contributed by atoms with E-state index in [2.05, 4.69) is 5.32 Å². The Morgan fingerprint density at radius 3 is 2.79 bits per heavy atom. The van der Waals surface area contributed by atoms with Crippen LogP contribution in [0.3, 0.4) is 0 Å². The topological polar surface area (TPSA) is 102 Å². The minimum absolute atomic E-state index is 0.313. The molecule has 0 fully saturated rings. The Balaban J connectivity index is 2.68. The zero-order chi connectivity index (χ0) is 14.3. The maximum atomic E-state index is 10.9. The van der Waals surface area contributed by atoms with Gasteiger partial charge >= 0.3 is 5.97 Å². The molecule has 7 heteroatoms. The monoisotopic (exact) mass is 268 g/mol. The second-order valence-corrected chi connectivity index (χ2v) is 3.92. The molecule has 0 spiro atoms. The largest absolute Gasteiger partial charge is 0.477 e. The number of methoxy groups -OCH3 is 1. The van der Waals surface area contributed by atoms with Crippen molar-refractivity contribution in [2.45, 2.75) is 12.8 Å². The number of anilines is 1. The summed E-state index contributed by atoms with van der Waals surface area (Å²) in [6, 6.07) is 3.97. The molecule has 1 aromatic rings. The summed E-state index contributed by atoms with van der Waals surface area (Å²) in [4.78, 5) is 20.9. The molecule has 1 aromatic carbocycles. The maximum Gasteiger partial charge on any atom is 0.342 e.